The second-order valence-electron chi connectivity index (χ2n) is 6.51. The SMILES string of the molecule is Cc1ccc(C(=O)NCCNC(=O)c2nc(-c3cccc([N+](=O)[O-])c3C)no2)cc1. The van der Waals surface area contributed by atoms with Gasteiger partial charge >= 0.3 is 11.8 Å². The van der Waals surface area contributed by atoms with E-state index in [1.54, 1.807) is 25.1 Å². The Balaban J connectivity index is 1.56. The number of hydrogen-bond acceptors (Lipinski definition) is 7. The summed E-state index contributed by atoms with van der Waals surface area (Å²) in [5.74, 6) is -1.05. The second kappa shape index (κ2) is 8.95. The normalized spacial score (nSPS) is 10.5. The van der Waals surface area contributed by atoms with Crippen molar-refractivity contribution in [2.75, 3.05) is 13.1 Å². The molecule has 2 aromatic carbocycles. The van der Waals surface area contributed by atoms with Crippen molar-refractivity contribution in [1.82, 2.24) is 20.8 Å². The van der Waals surface area contributed by atoms with E-state index in [2.05, 4.69) is 20.8 Å². The number of aryl methyl sites for hydroxylation is 1. The number of aromatic nitrogens is 2. The van der Waals surface area contributed by atoms with Crippen molar-refractivity contribution in [2.24, 2.45) is 0 Å². The minimum Gasteiger partial charge on any atom is -0.350 e. The Bertz CT molecular complexity index is 1090. The number of nitro benzene ring substituents is 1. The van der Waals surface area contributed by atoms with Gasteiger partial charge in [0, 0.05) is 35.8 Å². The third-order valence-corrected chi connectivity index (χ3v) is 4.37. The highest BCUT2D eigenvalue weighted by Crippen LogP contribution is 2.27. The third-order valence-electron chi connectivity index (χ3n) is 4.37. The van der Waals surface area contributed by atoms with Crippen LogP contribution in [0.1, 0.15) is 32.2 Å². The van der Waals surface area contributed by atoms with Gasteiger partial charge in [0.15, 0.2) is 0 Å². The van der Waals surface area contributed by atoms with E-state index in [1.165, 1.54) is 12.1 Å². The predicted octanol–water partition coefficient (Wildman–Crippen LogP) is 2.42. The number of nitro groups is 1. The lowest BCUT2D eigenvalue weighted by molar-refractivity contribution is -0.385. The van der Waals surface area contributed by atoms with Crippen LogP contribution in [0.15, 0.2) is 47.0 Å². The van der Waals surface area contributed by atoms with E-state index in [0.717, 1.165) is 5.56 Å². The molecule has 1 aromatic heterocycles. The molecule has 1 heterocycles. The molecule has 30 heavy (non-hydrogen) atoms. The van der Waals surface area contributed by atoms with Gasteiger partial charge < -0.3 is 15.2 Å². The third kappa shape index (κ3) is 4.66. The molecule has 0 radical (unpaired) electrons. The number of benzene rings is 2. The Morgan fingerprint density at radius 3 is 2.37 bits per heavy atom. The van der Waals surface area contributed by atoms with Crippen molar-refractivity contribution in [3.8, 4) is 11.4 Å². The molecule has 3 rings (SSSR count). The van der Waals surface area contributed by atoms with Crippen molar-refractivity contribution < 1.29 is 19.0 Å². The summed E-state index contributed by atoms with van der Waals surface area (Å²) in [6.45, 7) is 3.87. The molecule has 0 spiro atoms. The van der Waals surface area contributed by atoms with Crippen LogP contribution in [0, 0.1) is 24.0 Å². The summed E-state index contributed by atoms with van der Waals surface area (Å²) < 4.78 is 4.96. The first-order chi connectivity index (χ1) is 14.4. The molecule has 0 unspecified atom stereocenters. The van der Waals surface area contributed by atoms with Crippen LogP contribution in [0.2, 0.25) is 0 Å². The zero-order valence-electron chi connectivity index (χ0n) is 16.3. The van der Waals surface area contributed by atoms with Crippen LogP contribution in [0.4, 0.5) is 5.69 Å². The van der Waals surface area contributed by atoms with E-state index in [-0.39, 0.29) is 36.4 Å². The molecule has 0 aliphatic rings. The van der Waals surface area contributed by atoms with E-state index < -0.39 is 10.8 Å². The van der Waals surface area contributed by atoms with Crippen LogP contribution in [0.3, 0.4) is 0 Å². The Hall–Kier alpha value is -4.08. The summed E-state index contributed by atoms with van der Waals surface area (Å²) in [6.07, 6.45) is 0. The zero-order valence-corrected chi connectivity index (χ0v) is 16.3. The van der Waals surface area contributed by atoms with E-state index in [4.69, 9.17) is 4.52 Å². The standard InChI is InChI=1S/C20H19N5O5/c1-12-6-8-14(9-7-12)18(26)21-10-11-22-19(27)20-23-17(24-30-20)15-4-3-5-16(13(15)2)25(28)29/h3-9H,10-11H2,1-2H3,(H,21,26)(H,22,27). The summed E-state index contributed by atoms with van der Waals surface area (Å²) in [5.41, 5.74) is 2.28. The highest BCUT2D eigenvalue weighted by molar-refractivity contribution is 5.94. The largest absolute Gasteiger partial charge is 0.350 e. The van der Waals surface area contributed by atoms with Gasteiger partial charge in [0.2, 0.25) is 5.82 Å². The molecule has 0 bridgehead atoms. The topological polar surface area (TPSA) is 140 Å². The van der Waals surface area contributed by atoms with Gasteiger partial charge in [-0.3, -0.25) is 19.7 Å². The molecule has 10 heteroatoms. The van der Waals surface area contributed by atoms with Crippen molar-refractivity contribution >= 4 is 17.5 Å². The minimum absolute atomic E-state index is 0.0763. The second-order valence-corrected chi connectivity index (χ2v) is 6.51. The average Bonchev–Trinajstić information content (AvgIpc) is 3.21. The van der Waals surface area contributed by atoms with Gasteiger partial charge in [0.05, 0.1) is 4.92 Å². The maximum absolute atomic E-state index is 12.2. The van der Waals surface area contributed by atoms with Gasteiger partial charge in [0.1, 0.15) is 0 Å². The van der Waals surface area contributed by atoms with Crippen molar-refractivity contribution in [3.63, 3.8) is 0 Å². The molecule has 0 saturated carbocycles. The van der Waals surface area contributed by atoms with Crippen LogP contribution < -0.4 is 10.6 Å². The molecule has 10 nitrogen and oxygen atoms in total. The number of hydrogen-bond donors (Lipinski definition) is 2. The Morgan fingerprint density at radius 2 is 1.70 bits per heavy atom. The zero-order chi connectivity index (χ0) is 21.7. The monoisotopic (exact) mass is 409 g/mol. The van der Waals surface area contributed by atoms with Gasteiger partial charge in [-0.2, -0.15) is 4.98 Å². The van der Waals surface area contributed by atoms with Crippen LogP contribution >= 0.6 is 0 Å². The highest BCUT2D eigenvalue weighted by atomic mass is 16.6. The highest BCUT2D eigenvalue weighted by Gasteiger charge is 2.20. The lowest BCUT2D eigenvalue weighted by Crippen LogP contribution is -2.34. The summed E-state index contributed by atoms with van der Waals surface area (Å²) in [6, 6.07) is 11.6. The van der Waals surface area contributed by atoms with Crippen LogP contribution in [0.5, 0.6) is 0 Å². The number of nitrogens with one attached hydrogen (secondary N) is 2. The van der Waals surface area contributed by atoms with E-state index in [9.17, 15) is 19.7 Å². The molecule has 0 atom stereocenters. The molecule has 0 saturated heterocycles. The van der Waals surface area contributed by atoms with Gasteiger partial charge in [-0.15, -0.1) is 0 Å². The summed E-state index contributed by atoms with van der Waals surface area (Å²) in [5, 5.41) is 20.1. The van der Waals surface area contributed by atoms with Crippen LogP contribution in [-0.4, -0.2) is 40.0 Å². The van der Waals surface area contributed by atoms with Crippen molar-refractivity contribution in [1.29, 1.82) is 0 Å². The molecule has 3 aromatic rings. The molecule has 2 amide bonds. The van der Waals surface area contributed by atoms with E-state index in [1.807, 2.05) is 19.1 Å². The lowest BCUT2D eigenvalue weighted by Gasteiger charge is -2.06. The van der Waals surface area contributed by atoms with E-state index in [0.29, 0.717) is 16.7 Å². The predicted molar refractivity (Wildman–Crippen MR) is 107 cm³/mol. The molecule has 0 aliphatic carbocycles. The molecule has 0 fully saturated rings. The fourth-order valence-corrected chi connectivity index (χ4v) is 2.72. The Labute approximate surface area is 171 Å². The Morgan fingerprint density at radius 1 is 1.03 bits per heavy atom. The Kier molecular flexibility index (Phi) is 6.16. The lowest BCUT2D eigenvalue weighted by atomic mass is 10.1. The molecule has 0 aliphatic heterocycles. The molecular weight excluding hydrogens is 390 g/mol. The summed E-state index contributed by atoms with van der Waals surface area (Å²) >= 11 is 0. The number of nitrogens with zero attached hydrogens (tertiary/aromatic N) is 3. The van der Waals surface area contributed by atoms with Gasteiger partial charge in [-0.05, 0) is 26.0 Å². The smallest absolute Gasteiger partial charge is 0.316 e. The van der Waals surface area contributed by atoms with Crippen molar-refractivity contribution in [2.45, 2.75) is 13.8 Å². The first-order valence-electron chi connectivity index (χ1n) is 9.08. The van der Waals surface area contributed by atoms with Crippen LogP contribution in [-0.2, 0) is 0 Å². The van der Waals surface area contributed by atoms with Gasteiger partial charge in [0.25, 0.3) is 11.6 Å². The van der Waals surface area contributed by atoms with Crippen molar-refractivity contribution in [3.05, 3.63) is 75.2 Å². The van der Waals surface area contributed by atoms with E-state index >= 15 is 0 Å². The quantitative estimate of drug-likeness (QED) is 0.347. The molecule has 2 N–H and O–H groups in total. The number of carbonyl (C=O) groups is 2. The summed E-state index contributed by atoms with van der Waals surface area (Å²) in [7, 11) is 0. The maximum Gasteiger partial charge on any atom is 0.316 e. The average molecular weight is 409 g/mol. The van der Waals surface area contributed by atoms with Gasteiger partial charge in [-0.1, -0.05) is 35.0 Å². The molecular formula is C20H19N5O5. The maximum atomic E-state index is 12.2. The number of carbonyl (C=O) groups excluding carboxylic acids is 2. The van der Waals surface area contributed by atoms with Gasteiger partial charge in [-0.25, -0.2) is 0 Å². The fraction of sp³-hybridized carbons (Fsp3) is 0.200. The van der Waals surface area contributed by atoms with Crippen LogP contribution in [0.25, 0.3) is 11.4 Å². The minimum atomic E-state index is -0.610. The first kappa shape index (κ1) is 20.6. The number of amides is 2. The fourth-order valence-electron chi connectivity index (χ4n) is 2.72. The first-order valence-corrected chi connectivity index (χ1v) is 9.08. The molecule has 154 valence electrons. The summed E-state index contributed by atoms with van der Waals surface area (Å²) in [4.78, 5) is 38.8. The number of rotatable bonds is 7.